The molecule has 0 saturated heterocycles. The first-order valence-electron chi connectivity index (χ1n) is 8.00. The zero-order valence-corrected chi connectivity index (χ0v) is 14.4. The molecule has 0 fully saturated rings. The zero-order valence-electron chi connectivity index (χ0n) is 13.6. The first-order valence-corrected chi connectivity index (χ1v) is 8.88. The van der Waals surface area contributed by atoms with Gasteiger partial charge in [-0.2, -0.15) is 0 Å². The Balaban J connectivity index is 1.66. The molecule has 1 atom stereocenters. The fourth-order valence-corrected chi connectivity index (χ4v) is 3.36. The lowest BCUT2D eigenvalue weighted by molar-refractivity contribution is -0.139. The summed E-state index contributed by atoms with van der Waals surface area (Å²) in [6.45, 7) is 3.85. The van der Waals surface area contributed by atoms with Crippen LogP contribution in [0.25, 0.3) is 0 Å². The van der Waals surface area contributed by atoms with Gasteiger partial charge in [-0.1, -0.05) is 6.07 Å². The van der Waals surface area contributed by atoms with Gasteiger partial charge in [0.2, 0.25) is 0 Å². The van der Waals surface area contributed by atoms with Crippen LogP contribution in [0.1, 0.15) is 22.4 Å². The van der Waals surface area contributed by atoms with Crippen LogP contribution in [0.5, 0.6) is 11.5 Å². The Morgan fingerprint density at radius 1 is 1.25 bits per heavy atom. The first kappa shape index (κ1) is 16.8. The van der Waals surface area contributed by atoms with Crippen molar-refractivity contribution in [1.82, 2.24) is 5.32 Å². The number of aryl methyl sites for hydroxylation is 1. The third-order valence-electron chi connectivity index (χ3n) is 3.89. The maximum Gasteiger partial charge on any atom is 0.321 e. The van der Waals surface area contributed by atoms with Gasteiger partial charge in [-0.25, -0.2) is 0 Å². The molecule has 1 aliphatic rings. The number of fused-ring (bicyclic) bond motifs is 1. The number of benzene rings is 1. The maximum absolute atomic E-state index is 11.6. The van der Waals surface area contributed by atoms with Crippen LogP contribution in [0.4, 0.5) is 0 Å². The molecule has 1 aromatic carbocycles. The number of hydrogen-bond acceptors (Lipinski definition) is 5. The minimum atomic E-state index is -0.853. The lowest BCUT2D eigenvalue weighted by Crippen LogP contribution is -2.38. The van der Waals surface area contributed by atoms with Crippen LogP contribution in [0.15, 0.2) is 29.6 Å². The quantitative estimate of drug-likeness (QED) is 0.841. The summed E-state index contributed by atoms with van der Waals surface area (Å²) in [5.74, 6) is 0.571. The van der Waals surface area contributed by atoms with Crippen LogP contribution in [-0.2, 0) is 17.8 Å². The Labute approximate surface area is 145 Å². The number of nitrogens with one attached hydrogen (secondary N) is 1. The first-order chi connectivity index (χ1) is 11.6. The summed E-state index contributed by atoms with van der Waals surface area (Å²) in [5, 5.41) is 14.7. The van der Waals surface area contributed by atoms with E-state index in [9.17, 15) is 9.90 Å². The van der Waals surface area contributed by atoms with Crippen LogP contribution in [0.2, 0.25) is 0 Å². The molecular weight excluding hydrogens is 326 g/mol. The topological polar surface area (TPSA) is 67.8 Å². The highest BCUT2D eigenvalue weighted by Crippen LogP contribution is 2.30. The molecule has 128 valence electrons. The summed E-state index contributed by atoms with van der Waals surface area (Å²) in [6.07, 6.45) is 1.25. The maximum atomic E-state index is 11.6. The van der Waals surface area contributed by atoms with Crippen LogP contribution in [-0.4, -0.2) is 30.3 Å². The van der Waals surface area contributed by atoms with Crippen LogP contribution >= 0.6 is 11.3 Å². The number of ether oxygens (including phenoxy) is 2. The van der Waals surface area contributed by atoms with E-state index in [0.29, 0.717) is 31.9 Å². The Kier molecular flexibility index (Phi) is 5.37. The second-order valence-corrected chi connectivity index (χ2v) is 6.99. The lowest BCUT2D eigenvalue weighted by Gasteiger charge is -2.15. The van der Waals surface area contributed by atoms with E-state index < -0.39 is 12.0 Å². The average molecular weight is 347 g/mol. The van der Waals surface area contributed by atoms with E-state index >= 15 is 0 Å². The standard InChI is InChI=1S/C18H21NO4S/c1-12-7-14(11-24-12)10-19-15(18(20)21)8-13-3-4-16-17(9-13)23-6-2-5-22-16/h3-4,7,9,11,15,19H,2,5-6,8,10H2,1H3,(H,20,21). The summed E-state index contributed by atoms with van der Waals surface area (Å²) in [5.41, 5.74) is 2.03. The molecule has 6 heteroatoms. The molecule has 0 radical (unpaired) electrons. The second kappa shape index (κ2) is 7.68. The van der Waals surface area contributed by atoms with Gasteiger partial charge >= 0.3 is 5.97 Å². The van der Waals surface area contributed by atoms with Crippen molar-refractivity contribution in [1.29, 1.82) is 0 Å². The van der Waals surface area contributed by atoms with E-state index in [0.717, 1.165) is 23.3 Å². The molecule has 1 aliphatic heterocycles. The smallest absolute Gasteiger partial charge is 0.321 e. The predicted molar refractivity (Wildman–Crippen MR) is 93.1 cm³/mol. The van der Waals surface area contributed by atoms with Gasteiger partial charge in [0.1, 0.15) is 6.04 Å². The fraction of sp³-hybridized carbons (Fsp3) is 0.389. The van der Waals surface area contributed by atoms with Gasteiger partial charge in [0.15, 0.2) is 11.5 Å². The molecule has 1 unspecified atom stereocenters. The monoisotopic (exact) mass is 347 g/mol. The Morgan fingerprint density at radius 2 is 2.04 bits per heavy atom. The van der Waals surface area contributed by atoms with Gasteiger partial charge in [-0.3, -0.25) is 10.1 Å². The highest BCUT2D eigenvalue weighted by Gasteiger charge is 2.19. The van der Waals surface area contributed by atoms with Crippen molar-refractivity contribution in [3.05, 3.63) is 45.6 Å². The number of hydrogen-bond donors (Lipinski definition) is 2. The largest absolute Gasteiger partial charge is 0.490 e. The molecule has 0 amide bonds. The number of carboxylic acid groups (broad SMARTS) is 1. The summed E-state index contributed by atoms with van der Waals surface area (Å²) in [7, 11) is 0. The molecule has 0 aliphatic carbocycles. The van der Waals surface area contributed by atoms with Crippen molar-refractivity contribution >= 4 is 17.3 Å². The number of rotatable bonds is 6. The van der Waals surface area contributed by atoms with Gasteiger partial charge in [-0.05, 0) is 48.1 Å². The second-order valence-electron chi connectivity index (χ2n) is 5.87. The summed E-state index contributed by atoms with van der Waals surface area (Å²) in [4.78, 5) is 12.8. The third kappa shape index (κ3) is 4.27. The molecule has 2 heterocycles. The zero-order chi connectivity index (χ0) is 16.9. The Morgan fingerprint density at radius 3 is 2.75 bits per heavy atom. The molecule has 1 aromatic heterocycles. The Hall–Kier alpha value is -2.05. The van der Waals surface area contributed by atoms with E-state index in [1.165, 1.54) is 4.88 Å². The molecule has 2 aromatic rings. The highest BCUT2D eigenvalue weighted by molar-refractivity contribution is 7.10. The minimum absolute atomic E-state index is 0.398. The molecule has 2 N–H and O–H groups in total. The fourth-order valence-electron chi connectivity index (χ4n) is 2.65. The third-order valence-corrected chi connectivity index (χ3v) is 4.80. The van der Waals surface area contributed by atoms with E-state index in [4.69, 9.17) is 9.47 Å². The summed E-state index contributed by atoms with van der Waals surface area (Å²) < 4.78 is 11.3. The van der Waals surface area contributed by atoms with Crippen molar-refractivity contribution in [2.75, 3.05) is 13.2 Å². The predicted octanol–water partition coefficient (Wildman–Crippen LogP) is 3.00. The number of thiophene rings is 1. The molecule has 24 heavy (non-hydrogen) atoms. The van der Waals surface area contributed by atoms with E-state index in [1.54, 1.807) is 11.3 Å². The van der Waals surface area contributed by atoms with Crippen LogP contribution in [0.3, 0.4) is 0 Å². The molecule has 0 bridgehead atoms. The van der Waals surface area contributed by atoms with E-state index in [-0.39, 0.29) is 0 Å². The van der Waals surface area contributed by atoms with Gasteiger partial charge in [0, 0.05) is 17.8 Å². The number of aliphatic carboxylic acids is 1. The molecule has 0 saturated carbocycles. The molecule has 0 spiro atoms. The summed E-state index contributed by atoms with van der Waals surface area (Å²) >= 11 is 1.67. The van der Waals surface area contributed by atoms with Crippen molar-refractivity contribution in [3.63, 3.8) is 0 Å². The summed E-state index contributed by atoms with van der Waals surface area (Å²) in [6, 6.07) is 7.07. The van der Waals surface area contributed by atoms with Gasteiger partial charge in [0.05, 0.1) is 13.2 Å². The van der Waals surface area contributed by atoms with Gasteiger partial charge < -0.3 is 14.6 Å². The lowest BCUT2D eigenvalue weighted by atomic mass is 10.0. The average Bonchev–Trinajstić information content (AvgIpc) is 2.83. The molecular formula is C18H21NO4S. The van der Waals surface area contributed by atoms with Crippen molar-refractivity contribution in [3.8, 4) is 11.5 Å². The minimum Gasteiger partial charge on any atom is -0.490 e. The van der Waals surface area contributed by atoms with Crippen molar-refractivity contribution < 1.29 is 19.4 Å². The Bertz CT molecular complexity index is 713. The van der Waals surface area contributed by atoms with E-state index in [1.807, 2.05) is 25.1 Å². The van der Waals surface area contributed by atoms with Crippen LogP contribution in [0, 0.1) is 6.92 Å². The number of carboxylic acids is 1. The molecule has 3 rings (SSSR count). The highest BCUT2D eigenvalue weighted by atomic mass is 32.1. The molecule has 5 nitrogen and oxygen atoms in total. The van der Waals surface area contributed by atoms with Crippen molar-refractivity contribution in [2.24, 2.45) is 0 Å². The van der Waals surface area contributed by atoms with Crippen LogP contribution < -0.4 is 14.8 Å². The van der Waals surface area contributed by atoms with Gasteiger partial charge in [-0.15, -0.1) is 11.3 Å². The van der Waals surface area contributed by atoms with Gasteiger partial charge in [0.25, 0.3) is 0 Å². The number of carbonyl (C=O) groups is 1. The SMILES string of the molecule is Cc1cc(CNC(Cc2ccc3c(c2)OCCCO3)C(=O)O)cs1. The van der Waals surface area contributed by atoms with E-state index in [2.05, 4.69) is 16.8 Å². The van der Waals surface area contributed by atoms with Crippen molar-refractivity contribution in [2.45, 2.75) is 32.4 Å². The normalized spacial score (nSPS) is 14.9.